The summed E-state index contributed by atoms with van der Waals surface area (Å²) in [5.74, 6) is 1.64. The highest BCUT2D eigenvalue weighted by Gasteiger charge is 2.09. The number of carbonyl (C=O) groups excluding carboxylic acids is 1. The van der Waals surface area contributed by atoms with Crippen LogP contribution in [0.1, 0.15) is 33.6 Å². The third-order valence-corrected chi connectivity index (χ3v) is 5.68. The van der Waals surface area contributed by atoms with Crippen molar-refractivity contribution in [1.29, 1.82) is 0 Å². The number of hydrogen-bond acceptors (Lipinski definition) is 4. The molecule has 0 bridgehead atoms. The van der Waals surface area contributed by atoms with Gasteiger partial charge in [-0.05, 0) is 51.5 Å². The number of thioether (sulfide) groups is 1. The van der Waals surface area contributed by atoms with Crippen molar-refractivity contribution in [2.75, 3.05) is 52.6 Å². The highest BCUT2D eigenvalue weighted by molar-refractivity contribution is 14.0. The van der Waals surface area contributed by atoms with Crippen LogP contribution in [0.5, 0.6) is 0 Å². The molecule has 172 valence electrons. The molecule has 0 aliphatic carbocycles. The van der Waals surface area contributed by atoms with E-state index in [-0.39, 0.29) is 36.4 Å². The van der Waals surface area contributed by atoms with Crippen LogP contribution in [0.2, 0.25) is 0 Å². The average molecular weight is 550 g/mol. The van der Waals surface area contributed by atoms with Gasteiger partial charge in [0, 0.05) is 37.3 Å². The van der Waals surface area contributed by atoms with Crippen molar-refractivity contribution in [3.63, 3.8) is 0 Å². The van der Waals surface area contributed by atoms with E-state index in [4.69, 9.17) is 0 Å². The Morgan fingerprint density at radius 3 is 2.43 bits per heavy atom. The second kappa shape index (κ2) is 17.7. The number of rotatable bonds is 13. The van der Waals surface area contributed by atoms with E-state index in [0.29, 0.717) is 12.0 Å². The molecule has 2 N–H and O–H groups in total. The summed E-state index contributed by atoms with van der Waals surface area (Å²) in [4.78, 5) is 21.7. The maximum atomic E-state index is 11.9. The maximum Gasteiger partial charge on any atom is 0.243 e. The smallest absolute Gasteiger partial charge is 0.243 e. The van der Waals surface area contributed by atoms with Crippen molar-refractivity contribution < 1.29 is 4.79 Å². The monoisotopic (exact) mass is 549 g/mol. The molecule has 1 aromatic rings. The molecule has 1 aromatic carbocycles. The van der Waals surface area contributed by atoms with Gasteiger partial charge in [0.2, 0.25) is 5.91 Å². The van der Waals surface area contributed by atoms with E-state index in [1.54, 1.807) is 30.8 Å². The van der Waals surface area contributed by atoms with Crippen molar-refractivity contribution in [2.24, 2.45) is 4.99 Å². The second-order valence-corrected chi connectivity index (χ2v) is 8.42. The van der Waals surface area contributed by atoms with Gasteiger partial charge in [-0.15, -0.1) is 35.7 Å². The molecule has 6 nitrogen and oxygen atoms in total. The fraction of sp³-hybridized carbons (Fsp3) is 0.636. The first-order chi connectivity index (χ1) is 14.0. The summed E-state index contributed by atoms with van der Waals surface area (Å²) in [5, 5.41) is 6.83. The molecular weight excluding hydrogens is 509 g/mol. The molecule has 1 rings (SSSR count). The van der Waals surface area contributed by atoms with Crippen LogP contribution in [0.4, 0.5) is 0 Å². The first-order valence-electron chi connectivity index (χ1n) is 10.6. The van der Waals surface area contributed by atoms with E-state index in [1.807, 2.05) is 6.07 Å². The zero-order valence-electron chi connectivity index (χ0n) is 19.2. The summed E-state index contributed by atoms with van der Waals surface area (Å²) in [6.07, 6.45) is 2.21. The fourth-order valence-corrected chi connectivity index (χ4v) is 3.55. The lowest BCUT2D eigenvalue weighted by atomic mass is 10.2. The predicted octanol–water partition coefficient (Wildman–Crippen LogP) is 3.53. The molecule has 0 fully saturated rings. The number of aliphatic imine (C=N–C) groups is 1. The van der Waals surface area contributed by atoms with Gasteiger partial charge in [-0.3, -0.25) is 4.79 Å². The van der Waals surface area contributed by atoms with Gasteiger partial charge in [-0.25, -0.2) is 4.99 Å². The summed E-state index contributed by atoms with van der Waals surface area (Å²) in [6.45, 7) is 10.8. The van der Waals surface area contributed by atoms with Gasteiger partial charge in [0.1, 0.15) is 6.54 Å². The quantitative estimate of drug-likeness (QED) is 0.130. The predicted molar refractivity (Wildman–Crippen MR) is 141 cm³/mol. The van der Waals surface area contributed by atoms with Gasteiger partial charge < -0.3 is 20.4 Å². The first-order valence-corrected chi connectivity index (χ1v) is 11.6. The lowest BCUT2D eigenvalue weighted by Gasteiger charge is -2.21. The molecule has 0 radical (unpaired) electrons. The van der Waals surface area contributed by atoms with Gasteiger partial charge >= 0.3 is 0 Å². The van der Waals surface area contributed by atoms with E-state index in [0.717, 1.165) is 44.8 Å². The van der Waals surface area contributed by atoms with Gasteiger partial charge in [0.05, 0.1) is 0 Å². The minimum Gasteiger partial charge on any atom is -0.356 e. The van der Waals surface area contributed by atoms with Crippen molar-refractivity contribution >= 4 is 47.6 Å². The molecule has 8 heteroatoms. The number of nitrogens with zero attached hydrogens (tertiary/aromatic N) is 3. The SMILES string of the molecule is CCN(CC)CCCC(C)NC(=NCC(=O)N(C)C)NCCSc1ccccc1.I. The molecule has 1 atom stereocenters. The van der Waals surface area contributed by atoms with E-state index in [2.05, 4.69) is 65.6 Å². The number of benzene rings is 1. The Bertz CT molecular complexity index is 596. The van der Waals surface area contributed by atoms with Crippen molar-refractivity contribution in [3.05, 3.63) is 30.3 Å². The van der Waals surface area contributed by atoms with Crippen LogP contribution in [-0.4, -0.2) is 80.3 Å². The van der Waals surface area contributed by atoms with Crippen molar-refractivity contribution in [2.45, 2.75) is 44.6 Å². The third-order valence-electron chi connectivity index (χ3n) is 4.67. The number of nitrogens with one attached hydrogen (secondary N) is 2. The topological polar surface area (TPSA) is 60.0 Å². The number of halogens is 1. The summed E-state index contributed by atoms with van der Waals surface area (Å²) in [6, 6.07) is 10.7. The Hall–Kier alpha value is -1.000. The summed E-state index contributed by atoms with van der Waals surface area (Å²) < 4.78 is 0. The number of guanidine groups is 1. The Kier molecular flexibility index (Phi) is 17.1. The molecule has 0 aliphatic heterocycles. The van der Waals surface area contributed by atoms with E-state index < -0.39 is 0 Å². The number of hydrogen-bond donors (Lipinski definition) is 2. The van der Waals surface area contributed by atoms with Crippen molar-refractivity contribution in [3.8, 4) is 0 Å². The molecule has 0 aromatic heterocycles. The zero-order chi connectivity index (χ0) is 21.5. The second-order valence-electron chi connectivity index (χ2n) is 7.26. The Morgan fingerprint density at radius 1 is 1.17 bits per heavy atom. The molecule has 1 amide bonds. The molecule has 0 spiro atoms. The minimum atomic E-state index is -0.000975. The van der Waals surface area contributed by atoms with Crippen LogP contribution >= 0.6 is 35.7 Å². The zero-order valence-corrected chi connectivity index (χ0v) is 22.3. The minimum absolute atomic E-state index is 0. The Labute approximate surface area is 204 Å². The standard InChI is InChI=1S/C22H39N5OS.HI/c1-6-27(7-2)16-11-12-19(3)25-22(24-18-21(28)26(4)5)23-15-17-29-20-13-9-8-10-14-20;/h8-10,13-14,19H,6-7,11-12,15-18H2,1-5H3,(H2,23,24,25);1H. The number of amides is 1. The molecule has 0 aliphatic rings. The summed E-state index contributed by atoms with van der Waals surface area (Å²) in [5.41, 5.74) is 0. The Morgan fingerprint density at radius 2 is 1.83 bits per heavy atom. The van der Waals surface area contributed by atoms with Gasteiger partial charge in [0.15, 0.2) is 5.96 Å². The molecule has 0 saturated heterocycles. The first kappa shape index (κ1) is 29.0. The van der Waals surface area contributed by atoms with Crippen LogP contribution in [-0.2, 0) is 4.79 Å². The van der Waals surface area contributed by atoms with Crippen LogP contribution in [0.3, 0.4) is 0 Å². The lowest BCUT2D eigenvalue weighted by molar-refractivity contribution is -0.127. The molecule has 30 heavy (non-hydrogen) atoms. The van der Waals surface area contributed by atoms with Crippen LogP contribution in [0.15, 0.2) is 40.2 Å². The third kappa shape index (κ3) is 13.3. The normalized spacial score (nSPS) is 12.3. The van der Waals surface area contributed by atoms with Crippen LogP contribution in [0, 0.1) is 0 Å². The van der Waals surface area contributed by atoms with Gasteiger partial charge in [-0.1, -0.05) is 32.0 Å². The number of likely N-dealkylation sites (N-methyl/N-ethyl adjacent to an activating group) is 1. The maximum absolute atomic E-state index is 11.9. The molecular formula is C22H40IN5OS. The summed E-state index contributed by atoms with van der Waals surface area (Å²) >= 11 is 1.81. The van der Waals surface area contributed by atoms with Crippen LogP contribution in [0.25, 0.3) is 0 Å². The molecule has 0 saturated carbocycles. The molecule has 0 heterocycles. The van der Waals surface area contributed by atoms with E-state index in [9.17, 15) is 4.79 Å². The van der Waals surface area contributed by atoms with Crippen LogP contribution < -0.4 is 10.6 Å². The Balaban J connectivity index is 0.00000841. The van der Waals surface area contributed by atoms with E-state index >= 15 is 0 Å². The fourth-order valence-electron chi connectivity index (χ4n) is 2.76. The highest BCUT2D eigenvalue weighted by Crippen LogP contribution is 2.15. The summed E-state index contributed by atoms with van der Waals surface area (Å²) in [7, 11) is 3.51. The lowest BCUT2D eigenvalue weighted by Crippen LogP contribution is -2.44. The largest absolute Gasteiger partial charge is 0.356 e. The molecule has 1 unspecified atom stereocenters. The number of carbonyl (C=O) groups is 1. The van der Waals surface area contributed by atoms with E-state index in [1.165, 1.54) is 4.90 Å². The van der Waals surface area contributed by atoms with Crippen molar-refractivity contribution in [1.82, 2.24) is 20.4 Å². The van der Waals surface area contributed by atoms with Gasteiger partial charge in [-0.2, -0.15) is 0 Å². The van der Waals surface area contributed by atoms with Gasteiger partial charge in [0.25, 0.3) is 0 Å². The highest BCUT2D eigenvalue weighted by atomic mass is 127. The average Bonchev–Trinajstić information content (AvgIpc) is 2.72.